The van der Waals surface area contributed by atoms with Crippen molar-refractivity contribution in [1.29, 1.82) is 0 Å². The van der Waals surface area contributed by atoms with Gasteiger partial charge in [0.05, 0.1) is 0 Å². The second-order valence-electron chi connectivity index (χ2n) is 10.7. The van der Waals surface area contributed by atoms with Crippen LogP contribution in [0.5, 0.6) is 0 Å². The third kappa shape index (κ3) is 8.78. The number of allylic oxidation sites excluding steroid dienone is 3. The normalized spacial score (nSPS) is 16.3. The number of hydrogen-bond donors (Lipinski definition) is 0. The van der Waals surface area contributed by atoms with Crippen LogP contribution in [0, 0.1) is 19.8 Å². The van der Waals surface area contributed by atoms with Gasteiger partial charge in [0.25, 0.3) is 5.91 Å². The van der Waals surface area contributed by atoms with Crippen LogP contribution in [0.2, 0.25) is 0 Å². The van der Waals surface area contributed by atoms with Crippen LogP contribution in [0.4, 0.5) is 0 Å². The monoisotopic (exact) mass is 500 g/mol. The maximum Gasteiger partial charge on any atom is 0.254 e. The topological polar surface area (TPSA) is 49.3 Å². The summed E-state index contributed by atoms with van der Waals surface area (Å²) < 4.78 is 0. The van der Waals surface area contributed by atoms with E-state index in [4.69, 9.17) is 0 Å². The van der Waals surface area contributed by atoms with Gasteiger partial charge in [-0.05, 0) is 68.8 Å². The Balaban J connectivity index is 1.78. The molecule has 37 heavy (non-hydrogen) atoms. The molecule has 0 radical (unpaired) electrons. The van der Waals surface area contributed by atoms with Gasteiger partial charge in [0.1, 0.15) is 5.82 Å². The van der Waals surface area contributed by atoms with Crippen molar-refractivity contribution in [2.75, 3.05) is 26.2 Å². The molecule has 5 heteroatoms. The van der Waals surface area contributed by atoms with Crippen molar-refractivity contribution in [1.82, 2.24) is 19.8 Å². The number of aromatic nitrogens is 2. The summed E-state index contributed by atoms with van der Waals surface area (Å²) in [4.78, 5) is 27.1. The van der Waals surface area contributed by atoms with Crippen LogP contribution in [0.1, 0.15) is 73.3 Å². The fraction of sp³-hybridized carbons (Fsp3) is 0.469. The summed E-state index contributed by atoms with van der Waals surface area (Å²) in [5.41, 5.74) is 4.05. The van der Waals surface area contributed by atoms with Gasteiger partial charge in [-0.2, -0.15) is 0 Å². The van der Waals surface area contributed by atoms with Gasteiger partial charge in [0, 0.05) is 49.6 Å². The molecule has 1 fully saturated rings. The van der Waals surface area contributed by atoms with E-state index in [1.54, 1.807) is 0 Å². The molecule has 0 aliphatic carbocycles. The predicted molar refractivity (Wildman–Crippen MR) is 154 cm³/mol. The number of rotatable bonds is 11. The molecule has 1 aliphatic heterocycles. The Morgan fingerprint density at radius 1 is 1.11 bits per heavy atom. The summed E-state index contributed by atoms with van der Waals surface area (Å²) >= 11 is 0. The number of benzene rings is 1. The quantitative estimate of drug-likeness (QED) is 0.330. The van der Waals surface area contributed by atoms with E-state index in [-0.39, 0.29) is 17.9 Å². The highest BCUT2D eigenvalue weighted by molar-refractivity contribution is 5.94. The van der Waals surface area contributed by atoms with E-state index in [2.05, 4.69) is 66.2 Å². The molecule has 3 rings (SSSR count). The lowest BCUT2D eigenvalue weighted by Gasteiger charge is -2.39. The lowest BCUT2D eigenvalue weighted by molar-refractivity contribution is 0.0596. The van der Waals surface area contributed by atoms with E-state index in [0.29, 0.717) is 12.5 Å². The lowest BCUT2D eigenvalue weighted by Crippen LogP contribution is -2.48. The summed E-state index contributed by atoms with van der Waals surface area (Å²) in [5.74, 6) is 1.75. The van der Waals surface area contributed by atoms with E-state index >= 15 is 0 Å². The van der Waals surface area contributed by atoms with Crippen molar-refractivity contribution in [3.05, 3.63) is 95.6 Å². The summed E-state index contributed by atoms with van der Waals surface area (Å²) in [6, 6.07) is 8.16. The van der Waals surface area contributed by atoms with Crippen molar-refractivity contribution in [3.63, 3.8) is 0 Å². The Morgan fingerprint density at radius 3 is 2.35 bits per heavy atom. The lowest BCUT2D eigenvalue weighted by atomic mass is 9.98. The van der Waals surface area contributed by atoms with Crippen LogP contribution in [0.25, 0.3) is 0 Å². The molecule has 2 heterocycles. The highest BCUT2D eigenvalue weighted by atomic mass is 16.2. The molecule has 1 unspecified atom stereocenters. The van der Waals surface area contributed by atoms with Gasteiger partial charge < -0.3 is 9.80 Å². The Hall–Kier alpha value is -3.05. The maximum absolute atomic E-state index is 13.8. The molecule has 0 N–H and O–H groups in total. The van der Waals surface area contributed by atoms with Crippen LogP contribution in [-0.2, 0) is 0 Å². The first kappa shape index (κ1) is 28.5. The highest BCUT2D eigenvalue weighted by Crippen LogP contribution is 2.23. The average molecular weight is 501 g/mol. The third-order valence-corrected chi connectivity index (χ3v) is 7.19. The number of carbonyl (C=O) groups is 1. The second-order valence-corrected chi connectivity index (χ2v) is 10.7. The van der Waals surface area contributed by atoms with Crippen molar-refractivity contribution in [2.24, 2.45) is 5.92 Å². The Labute approximate surface area is 224 Å². The number of nitrogens with zero attached hydrogens (tertiary/aromatic N) is 4. The molecule has 1 aromatic carbocycles. The largest absolute Gasteiger partial charge is 0.331 e. The Morgan fingerprint density at radius 2 is 1.76 bits per heavy atom. The Bertz CT molecular complexity index is 1060. The van der Waals surface area contributed by atoms with E-state index in [0.717, 1.165) is 60.6 Å². The second kappa shape index (κ2) is 14.0. The predicted octanol–water partition coefficient (Wildman–Crippen LogP) is 6.52. The van der Waals surface area contributed by atoms with Gasteiger partial charge in [-0.25, -0.2) is 9.97 Å². The molecule has 0 saturated carbocycles. The number of carbonyl (C=O) groups excluding carboxylic acids is 1. The fourth-order valence-electron chi connectivity index (χ4n) is 4.65. The minimum absolute atomic E-state index is 0.101. The van der Waals surface area contributed by atoms with Gasteiger partial charge in [-0.1, -0.05) is 69.4 Å². The molecular weight excluding hydrogens is 456 g/mol. The van der Waals surface area contributed by atoms with Gasteiger partial charge in [0.15, 0.2) is 0 Å². The van der Waals surface area contributed by atoms with Gasteiger partial charge in [0.2, 0.25) is 0 Å². The number of hydrogen-bond acceptors (Lipinski definition) is 4. The average Bonchev–Trinajstić information content (AvgIpc) is 2.89. The number of amides is 1. The molecule has 1 amide bonds. The van der Waals surface area contributed by atoms with Crippen LogP contribution >= 0.6 is 0 Å². The van der Waals surface area contributed by atoms with Crippen molar-refractivity contribution < 1.29 is 4.79 Å². The zero-order valence-corrected chi connectivity index (χ0v) is 23.4. The van der Waals surface area contributed by atoms with E-state index in [1.807, 2.05) is 55.7 Å². The van der Waals surface area contributed by atoms with E-state index in [1.165, 1.54) is 6.42 Å². The molecule has 1 saturated heterocycles. The molecular formula is C32H44N4O. The maximum atomic E-state index is 13.8. The van der Waals surface area contributed by atoms with E-state index < -0.39 is 0 Å². The smallest absolute Gasteiger partial charge is 0.254 e. The van der Waals surface area contributed by atoms with Crippen molar-refractivity contribution >= 4 is 5.91 Å². The molecule has 0 spiro atoms. The van der Waals surface area contributed by atoms with Gasteiger partial charge in [-0.15, -0.1) is 0 Å². The summed E-state index contributed by atoms with van der Waals surface area (Å²) in [5, 5.41) is 0. The molecule has 1 aromatic heterocycles. The molecule has 2 aromatic rings. The minimum Gasteiger partial charge on any atom is -0.331 e. The summed E-state index contributed by atoms with van der Waals surface area (Å²) in [6.45, 7) is 18.3. The van der Waals surface area contributed by atoms with Crippen molar-refractivity contribution in [2.45, 2.75) is 65.8 Å². The first-order valence-electron chi connectivity index (χ1n) is 13.6. The third-order valence-electron chi connectivity index (χ3n) is 7.19. The number of likely N-dealkylation sites (tertiary alicyclic amines) is 1. The zero-order chi connectivity index (χ0) is 26.8. The fourth-order valence-corrected chi connectivity index (χ4v) is 4.65. The van der Waals surface area contributed by atoms with Crippen LogP contribution in [-0.4, -0.2) is 57.9 Å². The van der Waals surface area contributed by atoms with Gasteiger partial charge in [-0.3, -0.25) is 4.79 Å². The molecule has 1 aliphatic rings. The van der Waals surface area contributed by atoms with Gasteiger partial charge >= 0.3 is 0 Å². The summed E-state index contributed by atoms with van der Waals surface area (Å²) in [6.07, 6.45) is 15.1. The number of piperidine rings is 1. The SMILES string of the molecule is C=C/C=C(\C=C/C(C)c1cnc(C)nc1)CN(C(=O)c1ccc(C)cc1)C1CCN(CCC(C)C)CC1. The number of aryl methyl sites for hydroxylation is 2. The van der Waals surface area contributed by atoms with Crippen LogP contribution in [0.3, 0.4) is 0 Å². The van der Waals surface area contributed by atoms with Crippen molar-refractivity contribution in [3.8, 4) is 0 Å². The molecule has 198 valence electrons. The van der Waals surface area contributed by atoms with Crippen LogP contribution in [0.15, 0.2) is 73.1 Å². The summed E-state index contributed by atoms with van der Waals surface area (Å²) in [7, 11) is 0. The molecule has 1 atom stereocenters. The first-order chi connectivity index (χ1) is 17.8. The Kier molecular flexibility index (Phi) is 10.8. The molecule has 0 bridgehead atoms. The first-order valence-corrected chi connectivity index (χ1v) is 13.6. The highest BCUT2D eigenvalue weighted by Gasteiger charge is 2.29. The van der Waals surface area contributed by atoms with E-state index in [9.17, 15) is 4.79 Å². The zero-order valence-electron chi connectivity index (χ0n) is 23.4. The minimum atomic E-state index is 0.101. The standard InChI is InChI=1S/C32H44N4O/c1-7-8-28(12-11-26(5)30-21-33-27(6)34-22-30)23-36(32(37)29-13-9-25(4)10-14-29)31-16-19-35(20-17-31)18-15-24(2)3/h7-14,21-22,24,26,31H,1,15-20,23H2,2-6H3/b12-11-,28-8+. The molecule has 5 nitrogen and oxygen atoms in total. The van der Waals surface area contributed by atoms with Crippen LogP contribution < -0.4 is 0 Å².